The molecule has 6 nitrogen and oxygen atoms in total. The number of carbonyl (C=O) groups is 1. The van der Waals surface area contributed by atoms with Crippen LogP contribution in [0, 0.1) is 6.92 Å². The number of anilines is 1. The monoisotopic (exact) mass is 314 g/mol. The van der Waals surface area contributed by atoms with Gasteiger partial charge in [-0.3, -0.25) is 9.78 Å². The zero-order valence-electron chi connectivity index (χ0n) is 11.9. The second-order valence-electron chi connectivity index (χ2n) is 4.73. The number of nitrogens with one attached hydrogen (secondary N) is 1. The van der Waals surface area contributed by atoms with Gasteiger partial charge in [-0.1, -0.05) is 11.2 Å². The Bertz CT molecular complexity index is 767. The van der Waals surface area contributed by atoms with Crippen molar-refractivity contribution in [2.24, 2.45) is 0 Å². The van der Waals surface area contributed by atoms with E-state index in [-0.39, 0.29) is 5.91 Å². The van der Waals surface area contributed by atoms with Crippen LogP contribution in [0.25, 0.3) is 10.7 Å². The molecule has 112 valence electrons. The summed E-state index contributed by atoms with van der Waals surface area (Å²) in [7, 11) is 0. The Labute approximate surface area is 131 Å². The molecule has 0 aliphatic heterocycles. The molecular formula is C15H14N4O2S. The molecule has 0 saturated carbocycles. The maximum atomic E-state index is 11.8. The minimum atomic E-state index is -0.110. The molecule has 0 aromatic carbocycles. The van der Waals surface area contributed by atoms with Crippen molar-refractivity contribution < 1.29 is 9.32 Å². The van der Waals surface area contributed by atoms with E-state index >= 15 is 0 Å². The lowest BCUT2D eigenvalue weighted by molar-refractivity contribution is -0.116. The Morgan fingerprint density at radius 3 is 3.05 bits per heavy atom. The summed E-state index contributed by atoms with van der Waals surface area (Å²) in [5, 5.41) is 9.24. The topological polar surface area (TPSA) is 80.9 Å². The SMILES string of the molecule is Cc1cc(NC(=O)CCc2csc(-c3ccccn3)n2)no1. The number of hydrogen-bond donors (Lipinski definition) is 1. The second kappa shape index (κ2) is 6.48. The largest absolute Gasteiger partial charge is 0.360 e. The van der Waals surface area contributed by atoms with Crippen molar-refractivity contribution in [1.82, 2.24) is 15.1 Å². The van der Waals surface area contributed by atoms with E-state index in [1.165, 1.54) is 11.3 Å². The molecule has 0 unspecified atom stereocenters. The molecule has 0 aliphatic carbocycles. The van der Waals surface area contributed by atoms with Gasteiger partial charge in [0.1, 0.15) is 10.8 Å². The highest BCUT2D eigenvalue weighted by Crippen LogP contribution is 2.22. The summed E-state index contributed by atoms with van der Waals surface area (Å²) in [6.07, 6.45) is 2.66. The van der Waals surface area contributed by atoms with Gasteiger partial charge in [-0.15, -0.1) is 11.3 Å². The van der Waals surface area contributed by atoms with Crippen LogP contribution < -0.4 is 5.32 Å². The van der Waals surface area contributed by atoms with Gasteiger partial charge in [0, 0.05) is 24.1 Å². The highest BCUT2D eigenvalue weighted by atomic mass is 32.1. The van der Waals surface area contributed by atoms with Gasteiger partial charge in [-0.25, -0.2) is 4.98 Å². The number of aryl methyl sites for hydroxylation is 2. The highest BCUT2D eigenvalue weighted by molar-refractivity contribution is 7.13. The summed E-state index contributed by atoms with van der Waals surface area (Å²) in [4.78, 5) is 20.6. The van der Waals surface area contributed by atoms with Crippen molar-refractivity contribution in [3.05, 3.63) is 47.3 Å². The summed E-state index contributed by atoms with van der Waals surface area (Å²) >= 11 is 1.53. The Morgan fingerprint density at radius 2 is 2.32 bits per heavy atom. The standard InChI is InChI=1S/C15H14N4O2S/c1-10-8-13(19-21-10)18-14(20)6-5-11-9-22-15(17-11)12-4-2-3-7-16-12/h2-4,7-9H,5-6H2,1H3,(H,18,19,20). The fraction of sp³-hybridized carbons (Fsp3) is 0.200. The molecule has 22 heavy (non-hydrogen) atoms. The van der Waals surface area contributed by atoms with Crippen molar-refractivity contribution in [3.8, 4) is 10.7 Å². The first kappa shape index (κ1) is 14.4. The quantitative estimate of drug-likeness (QED) is 0.782. The van der Waals surface area contributed by atoms with Crippen molar-refractivity contribution in [3.63, 3.8) is 0 Å². The second-order valence-corrected chi connectivity index (χ2v) is 5.59. The van der Waals surface area contributed by atoms with Crippen LogP contribution in [-0.4, -0.2) is 21.0 Å². The van der Waals surface area contributed by atoms with Crippen LogP contribution in [0.5, 0.6) is 0 Å². The maximum Gasteiger partial charge on any atom is 0.226 e. The van der Waals surface area contributed by atoms with E-state index in [4.69, 9.17) is 4.52 Å². The number of rotatable bonds is 5. The van der Waals surface area contributed by atoms with Crippen LogP contribution in [0.2, 0.25) is 0 Å². The van der Waals surface area contributed by atoms with Crippen molar-refractivity contribution >= 4 is 23.1 Å². The molecule has 3 rings (SSSR count). The van der Waals surface area contributed by atoms with Gasteiger partial charge in [0.25, 0.3) is 0 Å². The van der Waals surface area contributed by atoms with Crippen LogP contribution in [0.15, 0.2) is 40.4 Å². The third-order valence-electron chi connectivity index (χ3n) is 2.94. The lowest BCUT2D eigenvalue weighted by atomic mass is 10.2. The van der Waals surface area contributed by atoms with Gasteiger partial charge in [0.05, 0.1) is 11.4 Å². The average Bonchev–Trinajstić information content (AvgIpc) is 3.15. The predicted octanol–water partition coefficient (Wildman–Crippen LogP) is 3.07. The third-order valence-corrected chi connectivity index (χ3v) is 3.85. The number of amides is 1. The predicted molar refractivity (Wildman–Crippen MR) is 83.5 cm³/mol. The van der Waals surface area contributed by atoms with Gasteiger partial charge >= 0.3 is 0 Å². The molecule has 1 amide bonds. The molecule has 3 aromatic rings. The minimum absolute atomic E-state index is 0.110. The maximum absolute atomic E-state index is 11.8. The lowest BCUT2D eigenvalue weighted by Crippen LogP contribution is -2.12. The van der Waals surface area contributed by atoms with Gasteiger partial charge in [-0.2, -0.15) is 0 Å². The van der Waals surface area contributed by atoms with E-state index in [1.54, 1.807) is 19.2 Å². The van der Waals surface area contributed by atoms with Crippen LogP contribution in [-0.2, 0) is 11.2 Å². The summed E-state index contributed by atoms with van der Waals surface area (Å²) in [6.45, 7) is 1.77. The summed E-state index contributed by atoms with van der Waals surface area (Å²) in [6, 6.07) is 7.40. The molecule has 0 spiro atoms. The molecule has 0 aliphatic rings. The van der Waals surface area contributed by atoms with Crippen molar-refractivity contribution in [1.29, 1.82) is 0 Å². The number of nitrogens with zero attached hydrogens (tertiary/aromatic N) is 3. The molecule has 3 aromatic heterocycles. The van der Waals surface area contributed by atoms with Crippen LogP contribution >= 0.6 is 11.3 Å². The highest BCUT2D eigenvalue weighted by Gasteiger charge is 2.09. The first-order chi connectivity index (χ1) is 10.7. The van der Waals surface area contributed by atoms with E-state index in [9.17, 15) is 4.79 Å². The molecular weight excluding hydrogens is 300 g/mol. The first-order valence-electron chi connectivity index (χ1n) is 6.80. The molecule has 1 N–H and O–H groups in total. The van der Waals surface area contributed by atoms with Gasteiger partial charge < -0.3 is 9.84 Å². The van der Waals surface area contributed by atoms with E-state index in [1.807, 2.05) is 23.6 Å². The summed E-state index contributed by atoms with van der Waals surface area (Å²) in [5.74, 6) is 0.991. The number of pyridine rings is 1. The minimum Gasteiger partial charge on any atom is -0.360 e. The molecule has 0 atom stereocenters. The first-order valence-corrected chi connectivity index (χ1v) is 7.67. The third kappa shape index (κ3) is 3.56. The lowest BCUT2D eigenvalue weighted by Gasteiger charge is -1.99. The Morgan fingerprint density at radius 1 is 1.41 bits per heavy atom. The summed E-state index contributed by atoms with van der Waals surface area (Å²) in [5.41, 5.74) is 1.73. The summed E-state index contributed by atoms with van der Waals surface area (Å²) < 4.78 is 4.90. The van der Waals surface area contributed by atoms with Crippen LogP contribution in [0.3, 0.4) is 0 Å². The fourth-order valence-electron chi connectivity index (χ4n) is 1.90. The number of thiazole rings is 1. The fourth-order valence-corrected chi connectivity index (χ4v) is 2.73. The number of aromatic nitrogens is 3. The average molecular weight is 314 g/mol. The molecule has 0 bridgehead atoms. The van der Waals surface area contributed by atoms with Crippen molar-refractivity contribution in [2.75, 3.05) is 5.32 Å². The van der Waals surface area contributed by atoms with Gasteiger partial charge in [-0.05, 0) is 25.5 Å². The number of hydrogen-bond acceptors (Lipinski definition) is 6. The van der Waals surface area contributed by atoms with Crippen LogP contribution in [0.4, 0.5) is 5.82 Å². The smallest absolute Gasteiger partial charge is 0.226 e. The normalized spacial score (nSPS) is 10.6. The zero-order chi connectivity index (χ0) is 15.4. The molecule has 0 radical (unpaired) electrons. The molecule has 0 saturated heterocycles. The number of carbonyl (C=O) groups excluding carboxylic acids is 1. The Balaban J connectivity index is 1.56. The van der Waals surface area contributed by atoms with Crippen LogP contribution in [0.1, 0.15) is 17.9 Å². The molecule has 7 heteroatoms. The van der Waals surface area contributed by atoms with Gasteiger partial charge in [0.15, 0.2) is 5.82 Å². The molecule has 0 fully saturated rings. The van der Waals surface area contributed by atoms with Crippen molar-refractivity contribution in [2.45, 2.75) is 19.8 Å². The Hall–Kier alpha value is -2.54. The van der Waals surface area contributed by atoms with E-state index in [2.05, 4.69) is 20.4 Å². The zero-order valence-corrected chi connectivity index (χ0v) is 12.8. The Kier molecular flexibility index (Phi) is 4.24. The van der Waals surface area contributed by atoms with E-state index in [0.29, 0.717) is 24.4 Å². The van der Waals surface area contributed by atoms with E-state index < -0.39 is 0 Å². The van der Waals surface area contributed by atoms with Gasteiger partial charge in [0.2, 0.25) is 5.91 Å². The van der Waals surface area contributed by atoms with E-state index in [0.717, 1.165) is 16.4 Å². The molecule has 3 heterocycles.